The molecule has 2 rings (SSSR count). The molecule has 90 valence electrons. The maximum atomic E-state index is 12.5. The van der Waals surface area contributed by atoms with Gasteiger partial charge in [0.2, 0.25) is 5.95 Å². The standard InChI is InChI=1S/C7H8FN.C7H9N/c1-5-3-4-6(2)9-7(5)8;1-6-3-4-7(2)8-5-6/h3-4H,1-2H3;3-5H,1-2H3. The summed E-state index contributed by atoms with van der Waals surface area (Å²) in [4.78, 5) is 7.69. The zero-order valence-corrected chi connectivity index (χ0v) is 10.7. The maximum absolute atomic E-state index is 12.5. The van der Waals surface area contributed by atoms with Crippen LogP contribution in [0.4, 0.5) is 4.39 Å². The molecule has 0 aliphatic carbocycles. The fourth-order valence-corrected chi connectivity index (χ4v) is 1.14. The quantitative estimate of drug-likeness (QED) is 0.649. The molecule has 0 atom stereocenters. The SMILES string of the molecule is Cc1ccc(C)c(F)n1.Cc1ccc(C)nc1. The third-order valence-corrected chi connectivity index (χ3v) is 2.23. The second-order valence-electron chi connectivity index (χ2n) is 4.04. The van der Waals surface area contributed by atoms with Crippen LogP contribution in [-0.2, 0) is 0 Å². The van der Waals surface area contributed by atoms with Gasteiger partial charge in [0.05, 0.1) is 0 Å². The van der Waals surface area contributed by atoms with E-state index in [1.165, 1.54) is 5.56 Å². The number of rotatable bonds is 0. The Morgan fingerprint density at radius 3 is 1.94 bits per heavy atom. The maximum Gasteiger partial charge on any atom is 0.215 e. The first kappa shape index (κ1) is 13.3. The number of hydrogen-bond acceptors (Lipinski definition) is 2. The van der Waals surface area contributed by atoms with Gasteiger partial charge in [-0.25, -0.2) is 4.98 Å². The minimum atomic E-state index is -0.366. The van der Waals surface area contributed by atoms with Gasteiger partial charge in [0.15, 0.2) is 0 Å². The summed E-state index contributed by atoms with van der Waals surface area (Å²) in [5, 5.41) is 0. The minimum absolute atomic E-state index is 0.366. The van der Waals surface area contributed by atoms with Gasteiger partial charge in [-0.3, -0.25) is 4.98 Å². The van der Waals surface area contributed by atoms with E-state index in [4.69, 9.17) is 0 Å². The van der Waals surface area contributed by atoms with E-state index in [2.05, 4.69) is 16.0 Å². The summed E-state index contributed by atoms with van der Waals surface area (Å²) in [6.45, 7) is 7.48. The molecule has 0 saturated carbocycles. The van der Waals surface area contributed by atoms with Gasteiger partial charge in [-0.1, -0.05) is 12.1 Å². The normalized spacial score (nSPS) is 9.47. The van der Waals surface area contributed by atoms with Crippen molar-refractivity contribution in [2.45, 2.75) is 27.7 Å². The van der Waals surface area contributed by atoms with Crippen LogP contribution in [0.5, 0.6) is 0 Å². The lowest BCUT2D eigenvalue weighted by atomic mass is 10.3. The predicted molar refractivity (Wildman–Crippen MR) is 67.4 cm³/mol. The molecule has 0 aromatic carbocycles. The van der Waals surface area contributed by atoms with Gasteiger partial charge in [0.25, 0.3) is 0 Å². The first-order valence-corrected chi connectivity index (χ1v) is 5.48. The van der Waals surface area contributed by atoms with Crippen molar-refractivity contribution in [3.8, 4) is 0 Å². The highest BCUT2D eigenvalue weighted by Gasteiger charge is 1.95. The van der Waals surface area contributed by atoms with Crippen LogP contribution in [0, 0.1) is 33.6 Å². The van der Waals surface area contributed by atoms with Gasteiger partial charge in [0, 0.05) is 23.1 Å². The van der Waals surface area contributed by atoms with Crippen molar-refractivity contribution >= 4 is 0 Å². The van der Waals surface area contributed by atoms with Crippen molar-refractivity contribution in [1.29, 1.82) is 0 Å². The molecule has 2 aromatic heterocycles. The van der Waals surface area contributed by atoms with E-state index in [1.54, 1.807) is 26.0 Å². The van der Waals surface area contributed by atoms with Gasteiger partial charge < -0.3 is 0 Å². The zero-order valence-electron chi connectivity index (χ0n) is 10.7. The monoisotopic (exact) mass is 232 g/mol. The van der Waals surface area contributed by atoms with Crippen LogP contribution in [0.1, 0.15) is 22.5 Å². The Balaban J connectivity index is 0.000000171. The van der Waals surface area contributed by atoms with E-state index in [9.17, 15) is 4.39 Å². The Bertz CT molecular complexity index is 457. The number of aromatic nitrogens is 2. The Labute approximate surface area is 102 Å². The molecule has 0 fully saturated rings. The molecule has 17 heavy (non-hydrogen) atoms. The highest BCUT2D eigenvalue weighted by atomic mass is 19.1. The van der Waals surface area contributed by atoms with Crippen molar-refractivity contribution in [3.05, 3.63) is 58.9 Å². The number of hydrogen-bond donors (Lipinski definition) is 0. The van der Waals surface area contributed by atoms with Gasteiger partial charge in [0.1, 0.15) is 0 Å². The molecule has 3 heteroatoms. The van der Waals surface area contributed by atoms with Crippen molar-refractivity contribution in [2.24, 2.45) is 0 Å². The molecule has 0 N–H and O–H groups in total. The van der Waals surface area contributed by atoms with Gasteiger partial charge in [-0.2, -0.15) is 4.39 Å². The molecular formula is C14H17FN2. The lowest BCUT2D eigenvalue weighted by Crippen LogP contribution is -1.88. The Morgan fingerprint density at radius 1 is 0.882 bits per heavy atom. The molecular weight excluding hydrogens is 215 g/mol. The minimum Gasteiger partial charge on any atom is -0.261 e. The summed E-state index contributed by atoms with van der Waals surface area (Å²) in [6, 6.07) is 7.58. The van der Waals surface area contributed by atoms with Crippen LogP contribution in [0.15, 0.2) is 30.5 Å². The second kappa shape index (κ2) is 6.09. The third kappa shape index (κ3) is 4.72. The van der Waals surface area contributed by atoms with Gasteiger partial charge in [-0.05, 0) is 45.4 Å². The van der Waals surface area contributed by atoms with Crippen LogP contribution in [0.2, 0.25) is 0 Å². The fraction of sp³-hybridized carbons (Fsp3) is 0.286. The first-order chi connectivity index (χ1) is 7.99. The molecule has 0 saturated heterocycles. The number of halogens is 1. The Hall–Kier alpha value is -1.77. The Morgan fingerprint density at radius 2 is 1.53 bits per heavy atom. The summed E-state index contributed by atoms with van der Waals surface area (Å²) in [5.74, 6) is -0.366. The lowest BCUT2D eigenvalue weighted by Gasteiger charge is -1.93. The molecule has 0 unspecified atom stereocenters. The van der Waals surface area contributed by atoms with Crippen LogP contribution in [0.25, 0.3) is 0 Å². The van der Waals surface area contributed by atoms with E-state index in [0.717, 1.165) is 11.4 Å². The molecule has 0 radical (unpaired) electrons. The fourth-order valence-electron chi connectivity index (χ4n) is 1.14. The highest BCUT2D eigenvalue weighted by molar-refractivity contribution is 5.12. The van der Waals surface area contributed by atoms with Crippen LogP contribution < -0.4 is 0 Å². The average molecular weight is 232 g/mol. The number of pyridine rings is 2. The second-order valence-corrected chi connectivity index (χ2v) is 4.04. The zero-order chi connectivity index (χ0) is 12.8. The van der Waals surface area contributed by atoms with Crippen LogP contribution in [0.3, 0.4) is 0 Å². The van der Waals surface area contributed by atoms with Crippen molar-refractivity contribution < 1.29 is 4.39 Å². The summed E-state index contributed by atoms with van der Waals surface area (Å²) in [5.41, 5.74) is 3.62. The molecule has 0 bridgehead atoms. The van der Waals surface area contributed by atoms with E-state index in [-0.39, 0.29) is 5.95 Å². The summed E-state index contributed by atoms with van der Waals surface area (Å²) in [6.07, 6.45) is 1.87. The summed E-state index contributed by atoms with van der Waals surface area (Å²) >= 11 is 0. The molecule has 0 spiro atoms. The number of nitrogens with zero attached hydrogens (tertiary/aromatic N) is 2. The van der Waals surface area contributed by atoms with Crippen molar-refractivity contribution in [3.63, 3.8) is 0 Å². The van der Waals surface area contributed by atoms with E-state index < -0.39 is 0 Å². The molecule has 0 aliphatic heterocycles. The number of aryl methyl sites for hydroxylation is 4. The first-order valence-electron chi connectivity index (χ1n) is 5.48. The highest BCUT2D eigenvalue weighted by Crippen LogP contribution is 2.02. The van der Waals surface area contributed by atoms with E-state index in [1.807, 2.05) is 26.1 Å². The summed E-state index contributed by atoms with van der Waals surface area (Å²) in [7, 11) is 0. The van der Waals surface area contributed by atoms with Crippen LogP contribution >= 0.6 is 0 Å². The third-order valence-electron chi connectivity index (χ3n) is 2.23. The average Bonchev–Trinajstić information content (AvgIpc) is 2.29. The van der Waals surface area contributed by atoms with E-state index >= 15 is 0 Å². The van der Waals surface area contributed by atoms with Gasteiger partial charge >= 0.3 is 0 Å². The molecule has 2 nitrogen and oxygen atoms in total. The largest absolute Gasteiger partial charge is 0.261 e. The smallest absolute Gasteiger partial charge is 0.215 e. The molecule has 2 aromatic rings. The van der Waals surface area contributed by atoms with Crippen molar-refractivity contribution in [2.75, 3.05) is 0 Å². The molecule has 0 aliphatic rings. The predicted octanol–water partition coefficient (Wildman–Crippen LogP) is 3.54. The topological polar surface area (TPSA) is 25.8 Å². The Kier molecular flexibility index (Phi) is 4.76. The molecule has 0 amide bonds. The summed E-state index contributed by atoms with van der Waals surface area (Å²) < 4.78 is 12.5. The van der Waals surface area contributed by atoms with E-state index in [0.29, 0.717) is 5.56 Å². The van der Waals surface area contributed by atoms with Gasteiger partial charge in [-0.15, -0.1) is 0 Å². The van der Waals surface area contributed by atoms with Crippen LogP contribution in [-0.4, -0.2) is 9.97 Å². The van der Waals surface area contributed by atoms with Crippen molar-refractivity contribution in [1.82, 2.24) is 9.97 Å². The molecule has 2 heterocycles. The lowest BCUT2D eigenvalue weighted by molar-refractivity contribution is 0.571.